The van der Waals surface area contributed by atoms with Gasteiger partial charge in [-0.3, -0.25) is 4.79 Å². The van der Waals surface area contributed by atoms with Crippen LogP contribution in [0.2, 0.25) is 0 Å². The fourth-order valence-corrected chi connectivity index (χ4v) is 3.26. The van der Waals surface area contributed by atoms with Gasteiger partial charge in [0, 0.05) is 12.6 Å². The largest absolute Gasteiger partial charge is 0.497 e. The monoisotopic (exact) mass is 370 g/mol. The molecule has 1 fully saturated rings. The fourth-order valence-electron chi connectivity index (χ4n) is 3.26. The minimum Gasteiger partial charge on any atom is -0.497 e. The Labute approximate surface area is 157 Å². The highest BCUT2D eigenvalue weighted by Gasteiger charge is 2.25. The normalized spacial score (nSPS) is 17.2. The average Bonchev–Trinajstić information content (AvgIpc) is 2.64. The summed E-state index contributed by atoms with van der Waals surface area (Å²) in [6.07, 6.45) is 5.57. The summed E-state index contributed by atoms with van der Waals surface area (Å²) in [5.41, 5.74) is 6.86. The number of nitrogens with two attached hydrogens (primary N) is 1. The minimum atomic E-state index is -0.506. The zero-order valence-electron chi connectivity index (χ0n) is 15.2. The smallest absolute Gasteiger partial charge is 0.249 e. The number of carbonyl (C=O) groups is 1. The van der Waals surface area contributed by atoms with Gasteiger partial charge in [0.25, 0.3) is 0 Å². The number of rotatable bonds is 8. The van der Waals surface area contributed by atoms with Crippen LogP contribution < -0.4 is 15.8 Å². The highest BCUT2D eigenvalue weighted by Crippen LogP contribution is 2.26. The molecule has 1 aliphatic carbocycles. The van der Waals surface area contributed by atoms with Crippen molar-refractivity contribution < 1.29 is 14.3 Å². The lowest BCUT2D eigenvalue weighted by atomic mass is 9.84. The molecule has 1 amide bonds. The summed E-state index contributed by atoms with van der Waals surface area (Å²) in [4.78, 5) is 12.4. The van der Waals surface area contributed by atoms with Crippen molar-refractivity contribution in [3.05, 3.63) is 29.8 Å². The van der Waals surface area contributed by atoms with E-state index in [0.29, 0.717) is 19.1 Å². The second kappa shape index (κ2) is 11.3. The van der Waals surface area contributed by atoms with Crippen LogP contribution in [0.25, 0.3) is 0 Å². The number of halogens is 1. The van der Waals surface area contributed by atoms with Crippen LogP contribution in [0.5, 0.6) is 5.75 Å². The van der Waals surface area contributed by atoms with E-state index in [9.17, 15) is 4.79 Å². The molecule has 0 radical (unpaired) electrons. The number of ether oxygens (including phenoxy) is 2. The van der Waals surface area contributed by atoms with Gasteiger partial charge >= 0.3 is 0 Å². The van der Waals surface area contributed by atoms with Crippen LogP contribution in [-0.4, -0.2) is 31.7 Å². The van der Waals surface area contributed by atoms with Crippen molar-refractivity contribution in [3.63, 3.8) is 0 Å². The number of carbonyl (C=O) groups excluding carboxylic acids is 1. The van der Waals surface area contributed by atoms with E-state index in [-0.39, 0.29) is 24.4 Å². The summed E-state index contributed by atoms with van der Waals surface area (Å²) >= 11 is 0. The minimum absolute atomic E-state index is 0. The van der Waals surface area contributed by atoms with Crippen molar-refractivity contribution >= 4 is 18.3 Å². The van der Waals surface area contributed by atoms with Gasteiger partial charge in [-0.25, -0.2) is 0 Å². The van der Waals surface area contributed by atoms with Crippen LogP contribution in [0.3, 0.4) is 0 Å². The van der Waals surface area contributed by atoms with E-state index < -0.39 is 6.10 Å². The summed E-state index contributed by atoms with van der Waals surface area (Å²) in [6.45, 7) is 2.64. The third-order valence-electron chi connectivity index (χ3n) is 4.80. The highest BCUT2D eigenvalue weighted by atomic mass is 35.5. The number of nitrogens with one attached hydrogen (secondary N) is 1. The Morgan fingerprint density at radius 2 is 2.04 bits per heavy atom. The molecule has 0 bridgehead atoms. The Balaban J connectivity index is 0.00000312. The lowest BCUT2D eigenvalue weighted by Gasteiger charge is -2.30. The predicted molar refractivity (Wildman–Crippen MR) is 102 cm³/mol. The summed E-state index contributed by atoms with van der Waals surface area (Å²) in [6, 6.07) is 7.72. The summed E-state index contributed by atoms with van der Waals surface area (Å²) in [7, 11) is 1.63. The van der Waals surface area contributed by atoms with Gasteiger partial charge in [0.2, 0.25) is 5.91 Å². The Morgan fingerprint density at radius 3 is 2.68 bits per heavy atom. The number of hydrogen-bond acceptors (Lipinski definition) is 4. The molecular weight excluding hydrogens is 340 g/mol. The molecule has 1 aromatic rings. The molecule has 25 heavy (non-hydrogen) atoms. The zero-order chi connectivity index (χ0) is 17.4. The molecule has 2 rings (SSSR count). The van der Waals surface area contributed by atoms with Crippen molar-refractivity contribution in [3.8, 4) is 5.75 Å². The maximum absolute atomic E-state index is 12.4. The fraction of sp³-hybridized carbons (Fsp3) is 0.632. The molecule has 0 spiro atoms. The maximum Gasteiger partial charge on any atom is 0.249 e. The van der Waals surface area contributed by atoms with Gasteiger partial charge in [-0.2, -0.15) is 0 Å². The van der Waals surface area contributed by atoms with Crippen LogP contribution in [0, 0.1) is 5.92 Å². The lowest BCUT2D eigenvalue weighted by molar-refractivity contribution is -0.133. The van der Waals surface area contributed by atoms with Crippen molar-refractivity contribution in [2.75, 3.05) is 13.7 Å². The second-order valence-electron chi connectivity index (χ2n) is 6.55. The molecule has 0 saturated heterocycles. The number of hydrogen-bond donors (Lipinski definition) is 2. The van der Waals surface area contributed by atoms with E-state index in [4.69, 9.17) is 15.2 Å². The van der Waals surface area contributed by atoms with E-state index in [1.165, 1.54) is 19.3 Å². The van der Waals surface area contributed by atoms with Gasteiger partial charge in [0.15, 0.2) is 0 Å². The van der Waals surface area contributed by atoms with Gasteiger partial charge in [-0.1, -0.05) is 31.4 Å². The van der Waals surface area contributed by atoms with E-state index in [0.717, 1.165) is 24.2 Å². The first kappa shape index (κ1) is 21.7. The van der Waals surface area contributed by atoms with Crippen molar-refractivity contribution in [2.24, 2.45) is 11.7 Å². The molecule has 142 valence electrons. The molecular formula is C19H31ClN2O3. The molecule has 0 heterocycles. The molecule has 6 heteroatoms. The molecule has 1 aromatic carbocycles. The summed E-state index contributed by atoms with van der Waals surface area (Å²) in [5.74, 6) is 1.20. The summed E-state index contributed by atoms with van der Waals surface area (Å²) in [5, 5.41) is 3.08. The third-order valence-corrected chi connectivity index (χ3v) is 4.80. The van der Waals surface area contributed by atoms with Crippen molar-refractivity contribution in [1.29, 1.82) is 0 Å². The van der Waals surface area contributed by atoms with Crippen LogP contribution in [0.1, 0.15) is 44.6 Å². The van der Waals surface area contributed by atoms with Crippen LogP contribution >= 0.6 is 12.4 Å². The second-order valence-corrected chi connectivity index (χ2v) is 6.55. The van der Waals surface area contributed by atoms with E-state index in [1.54, 1.807) is 14.0 Å². The molecule has 1 saturated carbocycles. The first-order chi connectivity index (χ1) is 11.6. The maximum atomic E-state index is 12.4. The van der Waals surface area contributed by atoms with Crippen LogP contribution in [-0.2, 0) is 16.1 Å². The van der Waals surface area contributed by atoms with Crippen molar-refractivity contribution in [2.45, 2.75) is 57.8 Å². The first-order valence-electron chi connectivity index (χ1n) is 8.89. The molecule has 2 unspecified atom stereocenters. The van der Waals surface area contributed by atoms with E-state index >= 15 is 0 Å². The SMILES string of the molecule is COc1cccc(COC(C)C(=O)NC(CN)C2CCCCC2)c1.Cl. The highest BCUT2D eigenvalue weighted by molar-refractivity contribution is 5.85. The van der Waals surface area contributed by atoms with Gasteiger partial charge in [0.05, 0.1) is 13.7 Å². The number of amides is 1. The topological polar surface area (TPSA) is 73.6 Å². The molecule has 2 atom stereocenters. The standard InChI is InChI=1S/C19H30N2O3.ClH/c1-14(24-13-15-7-6-10-17(11-15)23-2)19(22)21-18(12-20)16-8-4-3-5-9-16;/h6-7,10-11,14,16,18H,3-5,8-9,12-13,20H2,1-2H3,(H,21,22);1H. The molecule has 3 N–H and O–H groups in total. The van der Waals surface area contributed by atoms with E-state index in [1.807, 2.05) is 24.3 Å². The van der Waals surface area contributed by atoms with Gasteiger partial charge < -0.3 is 20.5 Å². The Hall–Kier alpha value is -1.30. The van der Waals surface area contributed by atoms with Crippen LogP contribution in [0.4, 0.5) is 0 Å². The third kappa shape index (κ3) is 6.84. The van der Waals surface area contributed by atoms with Gasteiger partial charge in [-0.15, -0.1) is 12.4 Å². The van der Waals surface area contributed by atoms with Gasteiger partial charge in [-0.05, 0) is 43.4 Å². The average molecular weight is 371 g/mol. The molecule has 1 aliphatic rings. The number of methoxy groups -OCH3 is 1. The molecule has 0 aliphatic heterocycles. The first-order valence-corrected chi connectivity index (χ1v) is 8.89. The summed E-state index contributed by atoms with van der Waals surface area (Å²) < 4.78 is 10.9. The van der Waals surface area contributed by atoms with E-state index in [2.05, 4.69) is 5.32 Å². The van der Waals surface area contributed by atoms with Crippen LogP contribution in [0.15, 0.2) is 24.3 Å². The Morgan fingerprint density at radius 1 is 1.32 bits per heavy atom. The molecule has 5 nitrogen and oxygen atoms in total. The lowest BCUT2D eigenvalue weighted by Crippen LogP contribution is -2.49. The Bertz CT molecular complexity index is 521. The predicted octanol–water partition coefficient (Wildman–Crippen LogP) is 3.05. The van der Waals surface area contributed by atoms with Gasteiger partial charge in [0.1, 0.15) is 11.9 Å². The quantitative estimate of drug-likeness (QED) is 0.737. The van der Waals surface area contributed by atoms with Crippen molar-refractivity contribution in [1.82, 2.24) is 5.32 Å². The number of benzene rings is 1. The zero-order valence-corrected chi connectivity index (χ0v) is 16.0. The molecule has 0 aromatic heterocycles. The Kier molecular flexibility index (Phi) is 9.86.